The molecule has 0 atom stereocenters. The lowest BCUT2D eigenvalue weighted by Gasteiger charge is -2.34. The highest BCUT2D eigenvalue weighted by Gasteiger charge is 2.17. The second-order valence-corrected chi connectivity index (χ2v) is 7.49. The molecule has 4 rings (SSSR count). The van der Waals surface area contributed by atoms with Gasteiger partial charge in [-0.2, -0.15) is 0 Å². The summed E-state index contributed by atoms with van der Waals surface area (Å²) < 4.78 is 2.26. The number of hydrogen-bond acceptors (Lipinski definition) is 3. The Balaban J connectivity index is 1.28. The van der Waals surface area contributed by atoms with Crippen LogP contribution in [0.2, 0.25) is 5.02 Å². The van der Waals surface area contributed by atoms with Gasteiger partial charge in [-0.3, -0.25) is 9.80 Å². The Morgan fingerprint density at radius 2 is 1.63 bits per heavy atom. The smallest absolute Gasteiger partial charge is 0.139 e. The summed E-state index contributed by atoms with van der Waals surface area (Å²) in [5.74, 6) is 1.05. The van der Waals surface area contributed by atoms with Crippen molar-refractivity contribution in [2.45, 2.75) is 13.1 Å². The van der Waals surface area contributed by atoms with E-state index in [1.807, 2.05) is 24.4 Å². The van der Waals surface area contributed by atoms with Gasteiger partial charge in [-0.1, -0.05) is 54.1 Å². The number of aromatic nitrogens is 2. The van der Waals surface area contributed by atoms with Crippen molar-refractivity contribution in [1.29, 1.82) is 0 Å². The van der Waals surface area contributed by atoms with Gasteiger partial charge < -0.3 is 4.57 Å². The number of piperazine rings is 1. The van der Waals surface area contributed by atoms with Crippen molar-refractivity contribution in [2.24, 2.45) is 0 Å². The Labute approximate surface area is 166 Å². The zero-order chi connectivity index (χ0) is 18.5. The fourth-order valence-corrected chi connectivity index (χ4v) is 3.86. The average molecular weight is 381 g/mol. The summed E-state index contributed by atoms with van der Waals surface area (Å²) in [6.45, 7) is 7.42. The van der Waals surface area contributed by atoms with Crippen molar-refractivity contribution in [3.05, 3.63) is 77.6 Å². The van der Waals surface area contributed by atoms with Crippen molar-refractivity contribution in [2.75, 3.05) is 32.7 Å². The highest BCUT2D eigenvalue weighted by atomic mass is 35.5. The molecule has 2 aromatic carbocycles. The lowest BCUT2D eigenvalue weighted by molar-refractivity contribution is 0.124. The molecule has 1 fully saturated rings. The van der Waals surface area contributed by atoms with E-state index in [4.69, 9.17) is 11.6 Å². The highest BCUT2D eigenvalue weighted by Crippen LogP contribution is 2.17. The number of hydrogen-bond donors (Lipinski definition) is 0. The second-order valence-electron chi connectivity index (χ2n) is 7.06. The van der Waals surface area contributed by atoms with Gasteiger partial charge in [-0.15, -0.1) is 0 Å². The Kier molecular flexibility index (Phi) is 5.87. The summed E-state index contributed by atoms with van der Waals surface area (Å²) in [4.78, 5) is 9.60. The maximum Gasteiger partial charge on any atom is 0.139 e. The molecule has 0 aliphatic carbocycles. The van der Waals surface area contributed by atoms with E-state index in [0.717, 1.165) is 56.7 Å². The van der Waals surface area contributed by atoms with Gasteiger partial charge >= 0.3 is 0 Å². The van der Waals surface area contributed by atoms with E-state index in [-0.39, 0.29) is 0 Å². The van der Waals surface area contributed by atoms with Crippen LogP contribution in [0, 0.1) is 0 Å². The molecule has 0 bridgehead atoms. The van der Waals surface area contributed by atoms with Gasteiger partial charge in [0.2, 0.25) is 0 Å². The highest BCUT2D eigenvalue weighted by molar-refractivity contribution is 6.30. The third-order valence-corrected chi connectivity index (χ3v) is 5.40. The summed E-state index contributed by atoms with van der Waals surface area (Å²) in [7, 11) is 0. The summed E-state index contributed by atoms with van der Waals surface area (Å²) in [6, 6.07) is 18.6. The Hall–Kier alpha value is -2.14. The van der Waals surface area contributed by atoms with Gasteiger partial charge in [-0.05, 0) is 17.7 Å². The molecular weight excluding hydrogens is 356 g/mol. The minimum atomic E-state index is 0.820. The van der Waals surface area contributed by atoms with Crippen molar-refractivity contribution >= 4 is 11.6 Å². The molecular formula is C22H25ClN4. The largest absolute Gasteiger partial charge is 0.330 e. The molecule has 1 aliphatic heterocycles. The molecule has 1 saturated heterocycles. The van der Waals surface area contributed by atoms with Gasteiger partial charge in [0.05, 0.1) is 0 Å². The molecule has 1 aromatic heterocycles. The molecule has 5 heteroatoms. The minimum Gasteiger partial charge on any atom is -0.330 e. The number of benzene rings is 2. The van der Waals surface area contributed by atoms with E-state index in [1.165, 1.54) is 11.1 Å². The zero-order valence-electron chi connectivity index (χ0n) is 15.5. The van der Waals surface area contributed by atoms with Gasteiger partial charge in [0.15, 0.2) is 0 Å². The molecule has 3 aromatic rings. The molecule has 0 N–H and O–H groups in total. The first kappa shape index (κ1) is 18.2. The van der Waals surface area contributed by atoms with E-state index in [2.05, 4.69) is 61.9 Å². The van der Waals surface area contributed by atoms with Crippen molar-refractivity contribution < 1.29 is 0 Å². The summed E-state index contributed by atoms with van der Waals surface area (Å²) in [6.07, 6.45) is 3.98. The van der Waals surface area contributed by atoms with Crippen LogP contribution in [0.1, 0.15) is 5.56 Å². The maximum absolute atomic E-state index is 6.10. The van der Waals surface area contributed by atoms with Crippen LogP contribution in [0.3, 0.4) is 0 Å². The minimum absolute atomic E-state index is 0.820. The van der Waals surface area contributed by atoms with Crippen LogP contribution in [0.15, 0.2) is 67.0 Å². The molecule has 2 heterocycles. The van der Waals surface area contributed by atoms with E-state index in [1.54, 1.807) is 0 Å². The molecule has 4 nitrogen and oxygen atoms in total. The normalized spacial score (nSPS) is 15.9. The van der Waals surface area contributed by atoms with Crippen LogP contribution in [-0.4, -0.2) is 52.1 Å². The predicted octanol–water partition coefficient (Wildman–Crippen LogP) is 4.02. The molecule has 0 unspecified atom stereocenters. The molecule has 0 spiro atoms. The zero-order valence-corrected chi connectivity index (χ0v) is 16.2. The molecule has 0 amide bonds. The third kappa shape index (κ3) is 4.78. The first-order valence-corrected chi connectivity index (χ1v) is 9.91. The molecule has 140 valence electrons. The fraction of sp³-hybridized carbons (Fsp3) is 0.318. The van der Waals surface area contributed by atoms with E-state index in [9.17, 15) is 0 Å². The van der Waals surface area contributed by atoms with Crippen LogP contribution in [0.25, 0.3) is 11.4 Å². The topological polar surface area (TPSA) is 24.3 Å². The van der Waals surface area contributed by atoms with E-state index < -0.39 is 0 Å². The first-order chi connectivity index (χ1) is 13.3. The van der Waals surface area contributed by atoms with Crippen LogP contribution < -0.4 is 0 Å². The van der Waals surface area contributed by atoms with Crippen molar-refractivity contribution in [3.63, 3.8) is 0 Å². The van der Waals surface area contributed by atoms with Crippen LogP contribution in [0.5, 0.6) is 0 Å². The average Bonchev–Trinajstić information content (AvgIpc) is 3.17. The van der Waals surface area contributed by atoms with E-state index >= 15 is 0 Å². The summed E-state index contributed by atoms with van der Waals surface area (Å²) >= 11 is 6.10. The Bertz CT molecular complexity index is 854. The number of halogens is 1. The van der Waals surface area contributed by atoms with E-state index in [0.29, 0.717) is 0 Å². The predicted molar refractivity (Wildman–Crippen MR) is 111 cm³/mol. The summed E-state index contributed by atoms with van der Waals surface area (Å²) in [5, 5.41) is 0.820. The molecule has 0 saturated carbocycles. The monoisotopic (exact) mass is 380 g/mol. The van der Waals surface area contributed by atoms with Crippen molar-refractivity contribution in [3.8, 4) is 11.4 Å². The van der Waals surface area contributed by atoms with Gasteiger partial charge in [0, 0.05) is 68.8 Å². The summed E-state index contributed by atoms with van der Waals surface area (Å²) in [5.41, 5.74) is 2.47. The SMILES string of the molecule is Clc1cccc(CN2CCN(CCn3ccnc3-c3ccccc3)CC2)c1. The lowest BCUT2D eigenvalue weighted by atomic mass is 10.2. The fourth-order valence-electron chi connectivity index (χ4n) is 3.65. The Morgan fingerprint density at radius 3 is 2.41 bits per heavy atom. The van der Waals surface area contributed by atoms with Gasteiger partial charge in [0.25, 0.3) is 0 Å². The second kappa shape index (κ2) is 8.70. The quantitative estimate of drug-likeness (QED) is 0.645. The third-order valence-electron chi connectivity index (χ3n) is 5.16. The van der Waals surface area contributed by atoms with Crippen LogP contribution in [0.4, 0.5) is 0 Å². The molecule has 1 aliphatic rings. The first-order valence-electron chi connectivity index (χ1n) is 9.54. The Morgan fingerprint density at radius 1 is 0.852 bits per heavy atom. The van der Waals surface area contributed by atoms with Crippen LogP contribution >= 0.6 is 11.6 Å². The number of rotatable bonds is 6. The van der Waals surface area contributed by atoms with Gasteiger partial charge in [-0.25, -0.2) is 4.98 Å². The van der Waals surface area contributed by atoms with Gasteiger partial charge in [0.1, 0.15) is 5.82 Å². The van der Waals surface area contributed by atoms with Crippen molar-refractivity contribution in [1.82, 2.24) is 19.4 Å². The lowest BCUT2D eigenvalue weighted by Crippen LogP contribution is -2.46. The standard InChI is InChI=1S/C22H25ClN4/c23-21-8-4-5-19(17-21)18-26-13-11-25(12-14-26)15-16-27-10-9-24-22(27)20-6-2-1-3-7-20/h1-10,17H,11-16,18H2. The molecule has 27 heavy (non-hydrogen) atoms. The van der Waals surface area contributed by atoms with Crippen LogP contribution in [-0.2, 0) is 13.1 Å². The number of nitrogens with zero attached hydrogens (tertiary/aromatic N) is 4. The molecule has 0 radical (unpaired) electrons. The maximum atomic E-state index is 6.10. The number of imidazole rings is 1.